The van der Waals surface area contributed by atoms with Crippen molar-refractivity contribution in [3.8, 4) is 11.5 Å². The molecule has 0 unspecified atom stereocenters. The van der Waals surface area contributed by atoms with Crippen molar-refractivity contribution in [1.82, 2.24) is 4.98 Å². The van der Waals surface area contributed by atoms with Gasteiger partial charge in [-0.15, -0.1) is 0 Å². The largest absolute Gasteiger partial charge is 0.488 e. The SMILES string of the molecule is Cc1ccc(N2c3cccc(C(=O)Cc4cc(F)c(OC(C)C)c(F)c4)c3OC[C@@H]2CO)nc1. The van der Waals surface area contributed by atoms with Crippen molar-refractivity contribution < 1.29 is 28.2 Å². The third kappa shape index (κ3) is 4.72. The van der Waals surface area contributed by atoms with Crippen molar-refractivity contribution in [2.45, 2.75) is 39.3 Å². The van der Waals surface area contributed by atoms with Crippen LogP contribution in [-0.2, 0) is 6.42 Å². The van der Waals surface area contributed by atoms with Crippen molar-refractivity contribution in [2.75, 3.05) is 18.1 Å². The fourth-order valence-electron chi connectivity index (χ4n) is 3.93. The molecule has 1 N–H and O–H groups in total. The molecule has 1 aliphatic heterocycles. The Morgan fingerprint density at radius 3 is 2.59 bits per heavy atom. The molecule has 6 nitrogen and oxygen atoms in total. The second-order valence-corrected chi connectivity index (χ2v) is 8.52. The van der Waals surface area contributed by atoms with E-state index in [1.54, 1.807) is 38.2 Å². The quantitative estimate of drug-likeness (QED) is 0.504. The first-order valence-corrected chi connectivity index (χ1v) is 11.0. The first-order valence-electron chi connectivity index (χ1n) is 11.0. The third-order valence-corrected chi connectivity index (χ3v) is 5.47. The summed E-state index contributed by atoms with van der Waals surface area (Å²) < 4.78 is 39.9. The number of aliphatic hydroxyl groups is 1. The number of Topliss-reactive ketones (excluding diaryl/α,β-unsaturated/α-hetero) is 1. The van der Waals surface area contributed by atoms with Crippen molar-refractivity contribution in [1.29, 1.82) is 0 Å². The second kappa shape index (κ2) is 9.77. The van der Waals surface area contributed by atoms with Gasteiger partial charge in [-0.1, -0.05) is 12.1 Å². The molecule has 1 atom stereocenters. The number of para-hydroxylation sites is 1. The molecule has 8 heteroatoms. The summed E-state index contributed by atoms with van der Waals surface area (Å²) in [6.45, 7) is 5.25. The minimum absolute atomic E-state index is 0.147. The lowest BCUT2D eigenvalue weighted by Crippen LogP contribution is -2.43. The molecule has 0 bridgehead atoms. The highest BCUT2D eigenvalue weighted by Gasteiger charge is 2.32. The van der Waals surface area contributed by atoms with Crippen molar-refractivity contribution in [3.05, 3.63) is 77.0 Å². The first-order chi connectivity index (χ1) is 16.3. The molecular formula is C26H26F2N2O4. The molecule has 178 valence electrons. The second-order valence-electron chi connectivity index (χ2n) is 8.52. The molecule has 0 aliphatic carbocycles. The zero-order valence-corrected chi connectivity index (χ0v) is 19.2. The molecule has 0 radical (unpaired) electrons. The van der Waals surface area contributed by atoms with E-state index in [-0.39, 0.29) is 42.6 Å². The van der Waals surface area contributed by atoms with Crippen LogP contribution in [0.1, 0.15) is 35.3 Å². The van der Waals surface area contributed by atoms with Gasteiger partial charge in [0.05, 0.1) is 30.0 Å². The summed E-state index contributed by atoms with van der Waals surface area (Å²) in [5.41, 5.74) is 2.06. The summed E-state index contributed by atoms with van der Waals surface area (Å²) in [4.78, 5) is 19.5. The molecule has 34 heavy (non-hydrogen) atoms. The van der Waals surface area contributed by atoms with Gasteiger partial charge in [-0.3, -0.25) is 4.79 Å². The number of hydrogen-bond donors (Lipinski definition) is 1. The number of aryl methyl sites for hydroxylation is 1. The number of aliphatic hydroxyl groups excluding tert-OH is 1. The standard InChI is InChI=1S/C26H26F2N2O4/c1-15(2)34-26-20(27)9-17(10-21(26)28)11-23(32)19-5-4-6-22-25(19)33-14-18(13-31)30(22)24-8-7-16(3)12-29-24/h4-10,12,15,18,31H,11,13-14H2,1-3H3/t18-/m0/s1. The molecule has 0 fully saturated rings. The van der Waals surface area contributed by atoms with Crippen LogP contribution in [0.2, 0.25) is 0 Å². The number of halogens is 2. The Morgan fingerprint density at radius 1 is 1.24 bits per heavy atom. The maximum Gasteiger partial charge on any atom is 0.191 e. The number of aromatic nitrogens is 1. The number of benzene rings is 2. The van der Waals surface area contributed by atoms with E-state index < -0.39 is 23.5 Å². The number of nitrogens with zero attached hydrogens (tertiary/aromatic N) is 2. The van der Waals surface area contributed by atoms with Gasteiger partial charge in [-0.25, -0.2) is 13.8 Å². The normalized spacial score (nSPS) is 15.1. The number of fused-ring (bicyclic) bond motifs is 1. The Bertz CT molecular complexity index is 1170. The van der Waals surface area contributed by atoms with E-state index >= 15 is 0 Å². The average molecular weight is 469 g/mol. The molecule has 0 saturated heterocycles. The highest BCUT2D eigenvalue weighted by Crippen LogP contribution is 2.41. The van der Waals surface area contributed by atoms with Crippen LogP contribution in [0.15, 0.2) is 48.7 Å². The zero-order valence-electron chi connectivity index (χ0n) is 19.2. The molecule has 0 amide bonds. The van der Waals surface area contributed by atoms with Crippen LogP contribution < -0.4 is 14.4 Å². The maximum absolute atomic E-state index is 14.4. The number of rotatable bonds is 7. The van der Waals surface area contributed by atoms with Crippen LogP contribution in [0.3, 0.4) is 0 Å². The summed E-state index contributed by atoms with van der Waals surface area (Å²) in [7, 11) is 0. The van der Waals surface area contributed by atoms with Gasteiger partial charge in [0.2, 0.25) is 0 Å². The summed E-state index contributed by atoms with van der Waals surface area (Å²) in [6.07, 6.45) is 1.11. The Balaban J connectivity index is 1.66. The molecule has 3 aromatic rings. The van der Waals surface area contributed by atoms with Crippen LogP contribution >= 0.6 is 0 Å². The minimum Gasteiger partial charge on any atom is -0.488 e. The lowest BCUT2D eigenvalue weighted by Gasteiger charge is -2.37. The van der Waals surface area contributed by atoms with Gasteiger partial charge in [0.15, 0.2) is 28.9 Å². The zero-order chi connectivity index (χ0) is 24.4. The van der Waals surface area contributed by atoms with E-state index in [9.17, 15) is 18.7 Å². The lowest BCUT2D eigenvalue weighted by molar-refractivity contribution is 0.0987. The molecule has 0 saturated carbocycles. The van der Waals surface area contributed by atoms with Crippen LogP contribution in [0.5, 0.6) is 11.5 Å². The Labute approximate surface area is 196 Å². The number of anilines is 2. The summed E-state index contributed by atoms with van der Waals surface area (Å²) >= 11 is 0. The fourth-order valence-corrected chi connectivity index (χ4v) is 3.93. The number of carbonyl (C=O) groups is 1. The van der Waals surface area contributed by atoms with Gasteiger partial charge in [0.1, 0.15) is 12.4 Å². The highest BCUT2D eigenvalue weighted by molar-refractivity contribution is 6.02. The van der Waals surface area contributed by atoms with Crippen LogP contribution in [0, 0.1) is 18.6 Å². The highest BCUT2D eigenvalue weighted by atomic mass is 19.1. The Kier molecular flexibility index (Phi) is 6.79. The van der Waals surface area contributed by atoms with E-state index in [1.165, 1.54) is 0 Å². The number of ketones is 1. The van der Waals surface area contributed by atoms with E-state index in [4.69, 9.17) is 9.47 Å². The van der Waals surface area contributed by atoms with Crippen LogP contribution in [0.25, 0.3) is 0 Å². The van der Waals surface area contributed by atoms with Gasteiger partial charge in [-0.05, 0) is 62.2 Å². The number of ether oxygens (including phenoxy) is 2. The summed E-state index contributed by atoms with van der Waals surface area (Å²) in [5, 5.41) is 9.91. The molecule has 1 aliphatic rings. The van der Waals surface area contributed by atoms with Crippen molar-refractivity contribution in [2.24, 2.45) is 0 Å². The molecule has 4 rings (SSSR count). The van der Waals surface area contributed by atoms with Gasteiger partial charge in [-0.2, -0.15) is 0 Å². The van der Waals surface area contributed by atoms with Crippen molar-refractivity contribution >= 4 is 17.3 Å². The van der Waals surface area contributed by atoms with Crippen LogP contribution in [-0.4, -0.2) is 41.2 Å². The van der Waals surface area contributed by atoms with Gasteiger partial charge >= 0.3 is 0 Å². The van der Waals surface area contributed by atoms with Gasteiger partial charge < -0.3 is 19.5 Å². The van der Waals surface area contributed by atoms with Crippen LogP contribution in [0.4, 0.5) is 20.3 Å². The van der Waals surface area contributed by atoms with Gasteiger partial charge in [0.25, 0.3) is 0 Å². The predicted molar refractivity (Wildman–Crippen MR) is 124 cm³/mol. The van der Waals surface area contributed by atoms with E-state index in [0.29, 0.717) is 17.3 Å². The lowest BCUT2D eigenvalue weighted by atomic mass is 9.99. The molecular weight excluding hydrogens is 442 g/mol. The number of carbonyl (C=O) groups excluding carboxylic acids is 1. The number of hydrogen-bond acceptors (Lipinski definition) is 6. The smallest absolute Gasteiger partial charge is 0.191 e. The summed E-state index contributed by atoms with van der Waals surface area (Å²) in [6, 6.07) is 10.7. The average Bonchev–Trinajstić information content (AvgIpc) is 2.80. The molecule has 2 heterocycles. The molecule has 0 spiro atoms. The monoisotopic (exact) mass is 468 g/mol. The van der Waals surface area contributed by atoms with Crippen molar-refractivity contribution in [3.63, 3.8) is 0 Å². The topological polar surface area (TPSA) is 71.9 Å². The molecule has 2 aromatic carbocycles. The number of pyridine rings is 1. The van der Waals surface area contributed by atoms with E-state index in [0.717, 1.165) is 17.7 Å². The fraction of sp³-hybridized carbons (Fsp3) is 0.308. The van der Waals surface area contributed by atoms with E-state index in [1.807, 2.05) is 24.0 Å². The minimum atomic E-state index is -0.856. The Hall–Kier alpha value is -3.52. The Morgan fingerprint density at radius 2 is 1.97 bits per heavy atom. The molecule has 1 aromatic heterocycles. The van der Waals surface area contributed by atoms with Gasteiger partial charge in [0, 0.05) is 12.6 Å². The maximum atomic E-state index is 14.4. The third-order valence-electron chi connectivity index (χ3n) is 5.47. The predicted octanol–water partition coefficient (Wildman–Crippen LogP) is 4.77. The van der Waals surface area contributed by atoms with E-state index in [2.05, 4.69) is 4.98 Å². The first kappa shape index (κ1) is 23.6. The summed E-state index contributed by atoms with van der Waals surface area (Å²) in [5.74, 6) is -1.56.